The number of halogens is 1. The number of benzene rings is 1. The number of amides is 1. The van der Waals surface area contributed by atoms with Gasteiger partial charge in [-0.15, -0.1) is 0 Å². The molecule has 0 bridgehead atoms. The maximum Gasteiger partial charge on any atom is 0.254 e. The third kappa shape index (κ3) is 3.37. The lowest BCUT2D eigenvalue weighted by atomic mass is 10.0. The van der Waals surface area contributed by atoms with Gasteiger partial charge in [0.15, 0.2) is 0 Å². The molecule has 0 aromatic heterocycles. The van der Waals surface area contributed by atoms with Crippen LogP contribution in [-0.4, -0.2) is 47.4 Å². The lowest BCUT2D eigenvalue weighted by Crippen LogP contribution is -2.55. The average Bonchev–Trinajstić information content (AvgIpc) is 2.49. The average molecular weight is 306 g/mol. The summed E-state index contributed by atoms with van der Waals surface area (Å²) in [5.41, 5.74) is 1.11. The van der Waals surface area contributed by atoms with Crippen molar-refractivity contribution in [3.8, 4) is 6.07 Å². The molecular formula is C16H20ClN3O. The zero-order valence-electron chi connectivity index (χ0n) is 12.7. The van der Waals surface area contributed by atoms with E-state index in [1.54, 1.807) is 12.1 Å². The summed E-state index contributed by atoms with van der Waals surface area (Å²) in [5.74, 6) is 0.0180. The van der Waals surface area contributed by atoms with Gasteiger partial charge in [-0.1, -0.05) is 17.7 Å². The number of aryl methyl sites for hydroxylation is 1. The molecule has 1 aliphatic heterocycles. The van der Waals surface area contributed by atoms with Gasteiger partial charge < -0.3 is 4.90 Å². The first-order valence-electron chi connectivity index (χ1n) is 7.07. The normalized spacial score (nSPS) is 16.6. The molecule has 0 radical (unpaired) electrons. The SMILES string of the molecule is Cc1ccc(Cl)cc1C(=O)N1CCN(C(C)(C)C#N)CC1. The van der Waals surface area contributed by atoms with Crippen molar-refractivity contribution in [1.29, 1.82) is 5.26 Å². The lowest BCUT2D eigenvalue weighted by Gasteiger charge is -2.40. The third-order valence-electron chi connectivity index (χ3n) is 4.06. The molecule has 1 fully saturated rings. The molecule has 1 amide bonds. The van der Waals surface area contributed by atoms with E-state index >= 15 is 0 Å². The van der Waals surface area contributed by atoms with Gasteiger partial charge in [0.05, 0.1) is 6.07 Å². The van der Waals surface area contributed by atoms with E-state index in [1.807, 2.05) is 31.7 Å². The molecule has 1 aliphatic rings. The predicted octanol–water partition coefficient (Wildman–Crippen LogP) is 2.71. The van der Waals surface area contributed by atoms with Crippen LogP contribution in [0.5, 0.6) is 0 Å². The molecule has 2 rings (SSSR count). The minimum atomic E-state index is -0.485. The van der Waals surface area contributed by atoms with Crippen LogP contribution in [0.1, 0.15) is 29.8 Å². The molecule has 5 heteroatoms. The molecule has 0 saturated carbocycles. The quantitative estimate of drug-likeness (QED) is 0.844. The van der Waals surface area contributed by atoms with Crippen LogP contribution < -0.4 is 0 Å². The van der Waals surface area contributed by atoms with Crippen molar-refractivity contribution in [2.24, 2.45) is 0 Å². The van der Waals surface area contributed by atoms with Crippen molar-refractivity contribution in [2.45, 2.75) is 26.3 Å². The van der Waals surface area contributed by atoms with Crippen LogP contribution in [0.4, 0.5) is 0 Å². The van der Waals surface area contributed by atoms with Gasteiger partial charge in [0.1, 0.15) is 5.54 Å². The minimum Gasteiger partial charge on any atom is -0.336 e. The maximum absolute atomic E-state index is 12.6. The summed E-state index contributed by atoms with van der Waals surface area (Å²) >= 11 is 5.99. The maximum atomic E-state index is 12.6. The molecule has 0 spiro atoms. The van der Waals surface area contributed by atoms with Crippen molar-refractivity contribution in [3.05, 3.63) is 34.3 Å². The molecule has 1 aromatic carbocycles. The summed E-state index contributed by atoms with van der Waals surface area (Å²) in [5, 5.41) is 9.76. The third-order valence-corrected chi connectivity index (χ3v) is 4.30. The highest BCUT2D eigenvalue weighted by atomic mass is 35.5. The molecule has 0 aliphatic carbocycles. The second-order valence-corrected chi connectivity index (χ2v) is 6.35. The number of nitriles is 1. The number of hydrogen-bond acceptors (Lipinski definition) is 3. The van der Waals surface area contributed by atoms with Crippen LogP contribution >= 0.6 is 11.6 Å². The van der Waals surface area contributed by atoms with Crippen LogP contribution in [-0.2, 0) is 0 Å². The van der Waals surface area contributed by atoms with Crippen molar-refractivity contribution >= 4 is 17.5 Å². The second-order valence-electron chi connectivity index (χ2n) is 5.91. The van der Waals surface area contributed by atoms with E-state index in [9.17, 15) is 10.1 Å². The van der Waals surface area contributed by atoms with Gasteiger partial charge in [0.25, 0.3) is 5.91 Å². The number of nitrogens with zero attached hydrogens (tertiary/aromatic N) is 3. The standard InChI is InChI=1S/C16H20ClN3O/c1-12-4-5-13(17)10-14(12)15(21)19-6-8-20(9-7-19)16(2,3)11-18/h4-5,10H,6-9H2,1-3H3. The lowest BCUT2D eigenvalue weighted by molar-refractivity contribution is 0.0520. The highest BCUT2D eigenvalue weighted by Crippen LogP contribution is 2.20. The first-order valence-corrected chi connectivity index (χ1v) is 7.44. The van der Waals surface area contributed by atoms with Crippen LogP contribution in [0.25, 0.3) is 0 Å². The van der Waals surface area contributed by atoms with E-state index in [2.05, 4.69) is 11.0 Å². The van der Waals surface area contributed by atoms with Gasteiger partial charge in [0, 0.05) is 36.8 Å². The van der Waals surface area contributed by atoms with E-state index in [1.165, 1.54) is 0 Å². The van der Waals surface area contributed by atoms with Gasteiger partial charge in [-0.3, -0.25) is 9.69 Å². The number of rotatable bonds is 2. The van der Waals surface area contributed by atoms with Gasteiger partial charge >= 0.3 is 0 Å². The van der Waals surface area contributed by atoms with E-state index in [0.717, 1.165) is 5.56 Å². The molecule has 0 unspecified atom stereocenters. The predicted molar refractivity (Wildman–Crippen MR) is 83.4 cm³/mol. The minimum absolute atomic E-state index is 0.0180. The van der Waals surface area contributed by atoms with Gasteiger partial charge in [-0.2, -0.15) is 5.26 Å². The molecule has 0 atom stereocenters. The molecule has 21 heavy (non-hydrogen) atoms. The summed E-state index contributed by atoms with van der Waals surface area (Å²) in [4.78, 5) is 16.5. The van der Waals surface area contributed by atoms with E-state index < -0.39 is 5.54 Å². The topological polar surface area (TPSA) is 47.3 Å². The molecule has 1 heterocycles. The number of piperazine rings is 1. The largest absolute Gasteiger partial charge is 0.336 e. The smallest absolute Gasteiger partial charge is 0.254 e. The fourth-order valence-corrected chi connectivity index (χ4v) is 2.71. The van der Waals surface area contributed by atoms with Crippen molar-refractivity contribution in [2.75, 3.05) is 26.2 Å². The molecule has 1 saturated heterocycles. The monoisotopic (exact) mass is 305 g/mol. The van der Waals surface area contributed by atoms with Crippen molar-refractivity contribution in [1.82, 2.24) is 9.80 Å². The highest BCUT2D eigenvalue weighted by Gasteiger charge is 2.31. The Hall–Kier alpha value is -1.57. The Bertz CT molecular complexity index is 584. The number of carbonyl (C=O) groups is 1. The number of carbonyl (C=O) groups excluding carboxylic acids is 1. The molecule has 0 N–H and O–H groups in total. The molecule has 4 nitrogen and oxygen atoms in total. The first-order chi connectivity index (χ1) is 9.85. The van der Waals surface area contributed by atoms with Gasteiger partial charge in [0.2, 0.25) is 0 Å². The Kier molecular flexibility index (Phi) is 4.55. The Morgan fingerprint density at radius 2 is 1.90 bits per heavy atom. The van der Waals surface area contributed by atoms with Crippen molar-refractivity contribution in [3.63, 3.8) is 0 Å². The molecule has 1 aromatic rings. The van der Waals surface area contributed by atoms with Crippen LogP contribution in [0.2, 0.25) is 5.02 Å². The Balaban J connectivity index is 2.07. The zero-order valence-corrected chi connectivity index (χ0v) is 13.4. The summed E-state index contributed by atoms with van der Waals surface area (Å²) < 4.78 is 0. The van der Waals surface area contributed by atoms with E-state index in [0.29, 0.717) is 36.8 Å². The zero-order chi connectivity index (χ0) is 15.6. The Labute approximate surface area is 130 Å². The Morgan fingerprint density at radius 1 is 1.29 bits per heavy atom. The van der Waals surface area contributed by atoms with Crippen LogP contribution in [0.3, 0.4) is 0 Å². The van der Waals surface area contributed by atoms with Gasteiger partial charge in [-0.05, 0) is 38.5 Å². The van der Waals surface area contributed by atoms with Crippen LogP contribution in [0.15, 0.2) is 18.2 Å². The molecular weight excluding hydrogens is 286 g/mol. The summed E-state index contributed by atoms with van der Waals surface area (Å²) in [6.07, 6.45) is 0. The first kappa shape index (κ1) is 15.8. The number of hydrogen-bond donors (Lipinski definition) is 0. The van der Waals surface area contributed by atoms with Crippen molar-refractivity contribution < 1.29 is 4.79 Å². The highest BCUT2D eigenvalue weighted by molar-refractivity contribution is 6.31. The van der Waals surface area contributed by atoms with Gasteiger partial charge in [-0.25, -0.2) is 0 Å². The van der Waals surface area contributed by atoms with E-state index in [-0.39, 0.29) is 5.91 Å². The van der Waals surface area contributed by atoms with E-state index in [4.69, 9.17) is 11.6 Å². The fraction of sp³-hybridized carbons (Fsp3) is 0.500. The molecule has 112 valence electrons. The second kappa shape index (κ2) is 6.05. The fourth-order valence-electron chi connectivity index (χ4n) is 2.53. The summed E-state index contributed by atoms with van der Waals surface area (Å²) in [6.45, 7) is 8.43. The summed E-state index contributed by atoms with van der Waals surface area (Å²) in [6, 6.07) is 7.69. The summed E-state index contributed by atoms with van der Waals surface area (Å²) in [7, 11) is 0. The Morgan fingerprint density at radius 3 is 2.48 bits per heavy atom. The van der Waals surface area contributed by atoms with Crippen LogP contribution in [0, 0.1) is 18.3 Å².